The highest BCUT2D eigenvalue weighted by Crippen LogP contribution is 2.01. The number of anilines is 1. The summed E-state index contributed by atoms with van der Waals surface area (Å²) in [6.45, 7) is 2.24. The summed E-state index contributed by atoms with van der Waals surface area (Å²) in [6.07, 6.45) is 3.89. The van der Waals surface area contributed by atoms with Crippen LogP contribution in [0.5, 0.6) is 0 Å². The molecule has 1 aromatic carbocycles. The SMILES string of the molecule is CN(C)CCNc1ncc(C(=O)NCCc2ccccc2)cn1. The molecule has 2 N–H and O–H groups in total. The molecule has 122 valence electrons. The molecule has 23 heavy (non-hydrogen) atoms. The molecule has 0 saturated carbocycles. The number of likely N-dealkylation sites (N-methyl/N-ethyl adjacent to an activating group) is 1. The van der Waals surface area contributed by atoms with Gasteiger partial charge in [-0.05, 0) is 26.1 Å². The van der Waals surface area contributed by atoms with Crippen LogP contribution in [0.15, 0.2) is 42.7 Å². The number of rotatable bonds is 8. The van der Waals surface area contributed by atoms with Crippen LogP contribution in [0.1, 0.15) is 15.9 Å². The van der Waals surface area contributed by atoms with Gasteiger partial charge in [-0.3, -0.25) is 4.79 Å². The Morgan fingerprint density at radius 3 is 2.43 bits per heavy atom. The van der Waals surface area contributed by atoms with Gasteiger partial charge in [0.05, 0.1) is 5.56 Å². The van der Waals surface area contributed by atoms with E-state index in [2.05, 4.69) is 25.5 Å². The first-order valence-electron chi connectivity index (χ1n) is 7.68. The molecule has 0 fully saturated rings. The normalized spacial score (nSPS) is 10.6. The number of hydrogen-bond donors (Lipinski definition) is 2. The Morgan fingerprint density at radius 1 is 1.09 bits per heavy atom. The average Bonchev–Trinajstić information content (AvgIpc) is 2.56. The first kappa shape index (κ1) is 16.9. The zero-order valence-corrected chi connectivity index (χ0v) is 13.6. The second-order valence-corrected chi connectivity index (χ2v) is 5.52. The second-order valence-electron chi connectivity index (χ2n) is 5.52. The maximum Gasteiger partial charge on any atom is 0.254 e. The Bertz CT molecular complexity index is 598. The minimum atomic E-state index is -0.152. The molecule has 2 aromatic rings. The number of hydrogen-bond acceptors (Lipinski definition) is 5. The topological polar surface area (TPSA) is 70.2 Å². The predicted molar refractivity (Wildman–Crippen MR) is 91.6 cm³/mol. The molecule has 2 rings (SSSR count). The van der Waals surface area contributed by atoms with Gasteiger partial charge in [0.25, 0.3) is 5.91 Å². The molecule has 0 radical (unpaired) electrons. The first-order valence-corrected chi connectivity index (χ1v) is 7.68. The molecular weight excluding hydrogens is 290 g/mol. The molecule has 1 amide bonds. The lowest BCUT2D eigenvalue weighted by Gasteiger charge is -2.10. The summed E-state index contributed by atoms with van der Waals surface area (Å²) in [5.74, 6) is 0.383. The van der Waals surface area contributed by atoms with Crippen molar-refractivity contribution in [3.63, 3.8) is 0 Å². The van der Waals surface area contributed by atoms with E-state index < -0.39 is 0 Å². The Hall–Kier alpha value is -2.47. The highest BCUT2D eigenvalue weighted by atomic mass is 16.1. The predicted octanol–water partition coefficient (Wildman–Crippen LogP) is 1.42. The van der Waals surface area contributed by atoms with Gasteiger partial charge in [0.15, 0.2) is 0 Å². The van der Waals surface area contributed by atoms with Gasteiger partial charge in [-0.2, -0.15) is 0 Å². The molecule has 1 aromatic heterocycles. The lowest BCUT2D eigenvalue weighted by molar-refractivity contribution is 0.0953. The van der Waals surface area contributed by atoms with E-state index in [1.807, 2.05) is 44.4 Å². The number of carbonyl (C=O) groups is 1. The largest absolute Gasteiger partial charge is 0.353 e. The molecule has 0 aliphatic carbocycles. The van der Waals surface area contributed by atoms with Gasteiger partial charge >= 0.3 is 0 Å². The molecule has 6 nitrogen and oxygen atoms in total. The highest BCUT2D eigenvalue weighted by Gasteiger charge is 2.06. The Labute approximate surface area is 137 Å². The summed E-state index contributed by atoms with van der Waals surface area (Å²) >= 11 is 0. The Balaban J connectivity index is 1.76. The molecule has 0 aliphatic rings. The van der Waals surface area contributed by atoms with Crippen molar-refractivity contribution in [2.75, 3.05) is 39.0 Å². The molecule has 1 heterocycles. The molecule has 0 spiro atoms. The van der Waals surface area contributed by atoms with Gasteiger partial charge in [0.2, 0.25) is 5.95 Å². The van der Waals surface area contributed by atoms with Gasteiger partial charge in [-0.1, -0.05) is 30.3 Å². The molecule has 0 saturated heterocycles. The van der Waals surface area contributed by atoms with Crippen molar-refractivity contribution in [3.8, 4) is 0 Å². The third-order valence-electron chi connectivity index (χ3n) is 3.30. The second kappa shape index (κ2) is 8.85. The zero-order valence-electron chi connectivity index (χ0n) is 13.6. The third-order valence-corrected chi connectivity index (χ3v) is 3.30. The summed E-state index contributed by atoms with van der Waals surface area (Å²) in [5, 5.41) is 5.99. The van der Waals surface area contributed by atoms with E-state index in [0.717, 1.165) is 19.5 Å². The number of nitrogens with one attached hydrogen (secondary N) is 2. The number of aromatic nitrogens is 2. The quantitative estimate of drug-likeness (QED) is 0.771. The maximum atomic E-state index is 12.0. The number of amides is 1. The van der Waals surface area contributed by atoms with Gasteiger partial charge < -0.3 is 15.5 Å². The van der Waals surface area contributed by atoms with E-state index in [0.29, 0.717) is 18.1 Å². The first-order chi connectivity index (χ1) is 11.1. The summed E-state index contributed by atoms with van der Waals surface area (Å²) in [5.41, 5.74) is 1.67. The standard InChI is InChI=1S/C17H23N5O/c1-22(2)11-10-19-17-20-12-15(13-21-17)16(23)18-9-8-14-6-4-3-5-7-14/h3-7,12-13H,8-11H2,1-2H3,(H,18,23)(H,19,20,21). The highest BCUT2D eigenvalue weighted by molar-refractivity contribution is 5.93. The molecule has 0 bridgehead atoms. The van der Waals surface area contributed by atoms with Gasteiger partial charge in [-0.25, -0.2) is 9.97 Å². The van der Waals surface area contributed by atoms with E-state index in [1.54, 1.807) is 12.4 Å². The Kier molecular flexibility index (Phi) is 6.50. The summed E-state index contributed by atoms with van der Waals surface area (Å²) in [4.78, 5) is 22.4. The molecule has 0 unspecified atom stereocenters. The van der Waals surface area contributed by atoms with Crippen LogP contribution < -0.4 is 10.6 Å². The fourth-order valence-corrected chi connectivity index (χ4v) is 1.99. The van der Waals surface area contributed by atoms with Crippen LogP contribution in [0.3, 0.4) is 0 Å². The molecular formula is C17H23N5O. The monoisotopic (exact) mass is 313 g/mol. The van der Waals surface area contributed by atoms with Crippen LogP contribution in [-0.2, 0) is 6.42 Å². The maximum absolute atomic E-state index is 12.0. The average molecular weight is 313 g/mol. The van der Waals surface area contributed by atoms with Crippen LogP contribution in [0, 0.1) is 0 Å². The van der Waals surface area contributed by atoms with E-state index >= 15 is 0 Å². The van der Waals surface area contributed by atoms with E-state index in [9.17, 15) is 4.79 Å². The summed E-state index contributed by atoms with van der Waals surface area (Å²) < 4.78 is 0. The van der Waals surface area contributed by atoms with Crippen LogP contribution in [0.25, 0.3) is 0 Å². The van der Waals surface area contributed by atoms with Crippen LogP contribution in [-0.4, -0.2) is 54.5 Å². The van der Waals surface area contributed by atoms with Crippen molar-refractivity contribution in [1.82, 2.24) is 20.2 Å². The molecule has 6 heteroatoms. The van der Waals surface area contributed by atoms with Crippen molar-refractivity contribution < 1.29 is 4.79 Å². The van der Waals surface area contributed by atoms with E-state index in [4.69, 9.17) is 0 Å². The van der Waals surface area contributed by atoms with Gasteiger partial charge in [0.1, 0.15) is 0 Å². The van der Waals surface area contributed by atoms with E-state index in [-0.39, 0.29) is 5.91 Å². The number of nitrogens with zero attached hydrogens (tertiary/aromatic N) is 3. The molecule has 0 aliphatic heterocycles. The summed E-state index contributed by atoms with van der Waals surface area (Å²) in [6, 6.07) is 10.1. The Morgan fingerprint density at radius 2 is 1.78 bits per heavy atom. The van der Waals surface area contributed by atoms with Crippen molar-refractivity contribution >= 4 is 11.9 Å². The van der Waals surface area contributed by atoms with Crippen molar-refractivity contribution in [2.45, 2.75) is 6.42 Å². The molecule has 0 atom stereocenters. The smallest absolute Gasteiger partial charge is 0.254 e. The van der Waals surface area contributed by atoms with Crippen LogP contribution in [0.2, 0.25) is 0 Å². The fraction of sp³-hybridized carbons (Fsp3) is 0.353. The number of benzene rings is 1. The van der Waals surface area contributed by atoms with Crippen LogP contribution >= 0.6 is 0 Å². The fourth-order valence-electron chi connectivity index (χ4n) is 1.99. The minimum absolute atomic E-state index is 0.152. The van der Waals surface area contributed by atoms with Crippen molar-refractivity contribution in [1.29, 1.82) is 0 Å². The summed E-state index contributed by atoms with van der Waals surface area (Å²) in [7, 11) is 4.01. The number of carbonyl (C=O) groups excluding carboxylic acids is 1. The lowest BCUT2D eigenvalue weighted by atomic mass is 10.1. The minimum Gasteiger partial charge on any atom is -0.353 e. The van der Waals surface area contributed by atoms with Gasteiger partial charge in [-0.15, -0.1) is 0 Å². The third kappa shape index (κ3) is 6.04. The van der Waals surface area contributed by atoms with Crippen LogP contribution in [0.4, 0.5) is 5.95 Å². The van der Waals surface area contributed by atoms with Crippen molar-refractivity contribution in [2.24, 2.45) is 0 Å². The van der Waals surface area contributed by atoms with Gasteiger partial charge in [0, 0.05) is 32.0 Å². The lowest BCUT2D eigenvalue weighted by Crippen LogP contribution is -2.26. The van der Waals surface area contributed by atoms with E-state index in [1.165, 1.54) is 5.56 Å². The van der Waals surface area contributed by atoms with Crippen molar-refractivity contribution in [3.05, 3.63) is 53.9 Å². The zero-order chi connectivity index (χ0) is 16.5.